The molecule has 116 valence electrons. The number of amides is 4. The van der Waals surface area contributed by atoms with E-state index in [4.69, 9.17) is 0 Å². The summed E-state index contributed by atoms with van der Waals surface area (Å²) in [4.78, 5) is 35.4. The van der Waals surface area contributed by atoms with Crippen molar-refractivity contribution in [3.63, 3.8) is 0 Å². The van der Waals surface area contributed by atoms with Crippen molar-refractivity contribution in [1.29, 1.82) is 0 Å². The molecule has 4 N–H and O–H groups in total. The van der Waals surface area contributed by atoms with Crippen molar-refractivity contribution in [2.75, 3.05) is 27.2 Å². The summed E-state index contributed by atoms with van der Waals surface area (Å²) in [7, 11) is 3.22. The number of hydrogen-bond acceptors (Lipinski definition) is 3. The average Bonchev–Trinajstić information content (AvgIpc) is 2.40. The number of nitrogens with zero attached hydrogens (tertiary/aromatic N) is 1. The SMILES string of the molecule is CCC(CC)(NC(=O)NCCNC(=O)N(C)C)C(=O)O. The molecule has 0 unspecified atom stereocenters. The number of carboxylic acids is 1. The molecule has 0 bridgehead atoms. The van der Waals surface area contributed by atoms with E-state index in [1.54, 1.807) is 27.9 Å². The molecule has 0 saturated heterocycles. The molecular weight excluding hydrogens is 264 g/mol. The summed E-state index contributed by atoms with van der Waals surface area (Å²) in [5, 5.41) is 16.7. The summed E-state index contributed by atoms with van der Waals surface area (Å²) in [5.74, 6) is -1.06. The number of carboxylic acid groups (broad SMARTS) is 1. The van der Waals surface area contributed by atoms with E-state index in [9.17, 15) is 19.5 Å². The topological polar surface area (TPSA) is 111 Å². The quantitative estimate of drug-likeness (QED) is 0.501. The van der Waals surface area contributed by atoms with Crippen molar-refractivity contribution in [3.8, 4) is 0 Å². The lowest BCUT2D eigenvalue weighted by Crippen LogP contribution is -2.57. The number of hydrogen-bond donors (Lipinski definition) is 4. The van der Waals surface area contributed by atoms with Gasteiger partial charge in [-0.15, -0.1) is 0 Å². The molecule has 0 aliphatic rings. The predicted molar refractivity (Wildman–Crippen MR) is 74.6 cm³/mol. The Morgan fingerprint density at radius 2 is 1.55 bits per heavy atom. The van der Waals surface area contributed by atoms with Gasteiger partial charge in [-0.1, -0.05) is 13.8 Å². The van der Waals surface area contributed by atoms with Gasteiger partial charge in [0.05, 0.1) is 0 Å². The molecule has 8 nitrogen and oxygen atoms in total. The maximum absolute atomic E-state index is 11.7. The molecule has 0 saturated carbocycles. The number of nitrogens with one attached hydrogen (secondary N) is 3. The van der Waals surface area contributed by atoms with E-state index >= 15 is 0 Å². The van der Waals surface area contributed by atoms with E-state index in [0.717, 1.165) is 0 Å². The van der Waals surface area contributed by atoms with E-state index in [1.165, 1.54) is 4.90 Å². The van der Waals surface area contributed by atoms with Crippen LogP contribution in [0.15, 0.2) is 0 Å². The van der Waals surface area contributed by atoms with Gasteiger partial charge in [0, 0.05) is 27.2 Å². The lowest BCUT2D eigenvalue weighted by atomic mass is 9.93. The Hall–Kier alpha value is -1.99. The summed E-state index contributed by atoms with van der Waals surface area (Å²) in [6.07, 6.45) is 0.591. The van der Waals surface area contributed by atoms with Crippen LogP contribution in [-0.4, -0.2) is 60.8 Å². The van der Waals surface area contributed by atoms with Crippen LogP contribution in [0.2, 0.25) is 0 Å². The molecule has 0 spiro atoms. The summed E-state index contributed by atoms with van der Waals surface area (Å²) in [6.45, 7) is 3.89. The fourth-order valence-corrected chi connectivity index (χ4v) is 1.55. The molecule has 20 heavy (non-hydrogen) atoms. The second kappa shape index (κ2) is 8.23. The fourth-order valence-electron chi connectivity index (χ4n) is 1.55. The van der Waals surface area contributed by atoms with Crippen LogP contribution in [0.5, 0.6) is 0 Å². The molecule has 0 aliphatic heterocycles. The standard InChI is InChI=1S/C12H24N4O4/c1-5-12(6-2,9(17)18)15-10(19)13-7-8-14-11(20)16(3)4/h5-8H2,1-4H3,(H,14,20)(H,17,18)(H2,13,15,19). The first kappa shape index (κ1) is 18.0. The Balaban J connectivity index is 4.17. The number of rotatable bonds is 7. The molecule has 0 aromatic carbocycles. The van der Waals surface area contributed by atoms with Gasteiger partial charge in [-0.05, 0) is 12.8 Å². The molecule has 8 heteroatoms. The third-order valence-electron chi connectivity index (χ3n) is 3.06. The van der Waals surface area contributed by atoms with Crippen LogP contribution in [0.4, 0.5) is 9.59 Å². The Morgan fingerprint density at radius 3 is 1.95 bits per heavy atom. The normalized spacial score (nSPS) is 10.6. The zero-order chi connectivity index (χ0) is 15.8. The largest absolute Gasteiger partial charge is 0.480 e. The van der Waals surface area contributed by atoms with E-state index in [1.807, 2.05) is 0 Å². The first-order valence-electron chi connectivity index (χ1n) is 6.53. The number of aliphatic carboxylic acids is 1. The van der Waals surface area contributed by atoms with Gasteiger partial charge in [-0.3, -0.25) is 0 Å². The van der Waals surface area contributed by atoms with E-state index in [-0.39, 0.29) is 19.1 Å². The van der Waals surface area contributed by atoms with Gasteiger partial charge in [0.15, 0.2) is 0 Å². The molecular formula is C12H24N4O4. The Bertz CT molecular complexity index is 353. The van der Waals surface area contributed by atoms with Gasteiger partial charge in [0.25, 0.3) is 0 Å². The smallest absolute Gasteiger partial charge is 0.329 e. The minimum Gasteiger partial charge on any atom is -0.480 e. The van der Waals surface area contributed by atoms with Gasteiger partial charge >= 0.3 is 18.0 Å². The Kier molecular flexibility index (Phi) is 7.42. The van der Waals surface area contributed by atoms with Crippen LogP contribution in [0.1, 0.15) is 26.7 Å². The minimum atomic E-state index is -1.25. The molecule has 0 aromatic rings. The maximum Gasteiger partial charge on any atom is 0.329 e. The van der Waals surface area contributed by atoms with E-state index in [2.05, 4.69) is 16.0 Å². The van der Waals surface area contributed by atoms with Crippen molar-refractivity contribution in [2.45, 2.75) is 32.2 Å². The molecule has 0 atom stereocenters. The van der Waals surface area contributed by atoms with Gasteiger partial charge in [-0.2, -0.15) is 0 Å². The third kappa shape index (κ3) is 5.33. The van der Waals surface area contributed by atoms with E-state index in [0.29, 0.717) is 12.8 Å². The third-order valence-corrected chi connectivity index (χ3v) is 3.06. The van der Waals surface area contributed by atoms with Crippen LogP contribution >= 0.6 is 0 Å². The van der Waals surface area contributed by atoms with Gasteiger partial charge < -0.3 is 26.0 Å². The van der Waals surface area contributed by atoms with Crippen molar-refractivity contribution in [2.24, 2.45) is 0 Å². The highest BCUT2D eigenvalue weighted by atomic mass is 16.4. The first-order valence-corrected chi connectivity index (χ1v) is 6.53. The number of urea groups is 2. The highest BCUT2D eigenvalue weighted by molar-refractivity contribution is 5.86. The van der Waals surface area contributed by atoms with Crippen molar-refractivity contribution in [3.05, 3.63) is 0 Å². The zero-order valence-electron chi connectivity index (χ0n) is 12.4. The number of carbonyl (C=O) groups is 3. The van der Waals surface area contributed by atoms with Gasteiger partial charge in [0.2, 0.25) is 0 Å². The van der Waals surface area contributed by atoms with Crippen LogP contribution in [0.25, 0.3) is 0 Å². The van der Waals surface area contributed by atoms with Crippen molar-refractivity contribution < 1.29 is 19.5 Å². The Labute approximate surface area is 118 Å². The van der Waals surface area contributed by atoms with Gasteiger partial charge in [0.1, 0.15) is 5.54 Å². The molecule has 0 fully saturated rings. The van der Waals surface area contributed by atoms with Crippen LogP contribution in [0.3, 0.4) is 0 Å². The minimum absolute atomic E-state index is 0.217. The summed E-state index contributed by atoms with van der Waals surface area (Å²) in [5.41, 5.74) is -1.25. The molecule has 0 heterocycles. The molecule has 0 radical (unpaired) electrons. The molecule has 0 rings (SSSR count). The zero-order valence-corrected chi connectivity index (χ0v) is 12.4. The number of carbonyl (C=O) groups excluding carboxylic acids is 2. The predicted octanol–water partition coefficient (Wildman–Crippen LogP) is 0.200. The molecule has 0 aromatic heterocycles. The monoisotopic (exact) mass is 288 g/mol. The van der Waals surface area contributed by atoms with Crippen LogP contribution in [-0.2, 0) is 4.79 Å². The second-order valence-corrected chi connectivity index (χ2v) is 4.60. The van der Waals surface area contributed by atoms with Crippen LogP contribution in [0, 0.1) is 0 Å². The van der Waals surface area contributed by atoms with Gasteiger partial charge in [-0.25, -0.2) is 14.4 Å². The lowest BCUT2D eigenvalue weighted by molar-refractivity contribution is -0.144. The van der Waals surface area contributed by atoms with Crippen molar-refractivity contribution >= 4 is 18.0 Å². The maximum atomic E-state index is 11.7. The highest BCUT2D eigenvalue weighted by Crippen LogP contribution is 2.14. The first-order chi connectivity index (χ1) is 9.29. The summed E-state index contributed by atoms with van der Waals surface area (Å²) < 4.78 is 0. The van der Waals surface area contributed by atoms with E-state index < -0.39 is 17.5 Å². The fraction of sp³-hybridized carbons (Fsp3) is 0.750. The van der Waals surface area contributed by atoms with Crippen molar-refractivity contribution in [1.82, 2.24) is 20.9 Å². The second-order valence-electron chi connectivity index (χ2n) is 4.60. The molecule has 0 aliphatic carbocycles. The average molecular weight is 288 g/mol. The van der Waals surface area contributed by atoms with Crippen LogP contribution < -0.4 is 16.0 Å². The highest BCUT2D eigenvalue weighted by Gasteiger charge is 2.36. The summed E-state index contributed by atoms with van der Waals surface area (Å²) in [6, 6.07) is -0.815. The molecule has 4 amide bonds. The Morgan fingerprint density at radius 1 is 1.05 bits per heavy atom. The summed E-state index contributed by atoms with van der Waals surface area (Å²) >= 11 is 0. The lowest BCUT2D eigenvalue weighted by Gasteiger charge is -2.28.